The third-order valence-electron chi connectivity index (χ3n) is 5.06. The Hall–Kier alpha value is -2.95. The summed E-state index contributed by atoms with van der Waals surface area (Å²) < 4.78 is 42.2. The molecule has 0 atom stereocenters. The molecule has 164 valence electrons. The van der Waals surface area contributed by atoms with E-state index in [4.69, 9.17) is 25.9 Å². The maximum atomic E-state index is 12.9. The summed E-state index contributed by atoms with van der Waals surface area (Å²) in [7, 11) is -2.09. The van der Waals surface area contributed by atoms with Crippen LogP contribution in [0.2, 0.25) is 5.02 Å². The highest BCUT2D eigenvalue weighted by Gasteiger charge is 2.29. The molecule has 0 bridgehead atoms. The number of ether oxygens (including phenoxy) is 2. The number of carboxylic acid groups (broad SMARTS) is 1. The molecule has 4 rings (SSSR count). The molecule has 0 spiro atoms. The van der Waals surface area contributed by atoms with Crippen LogP contribution in [0.5, 0.6) is 11.7 Å². The third-order valence-corrected chi connectivity index (χ3v) is 7.37. The Kier molecular flexibility index (Phi) is 5.69. The van der Waals surface area contributed by atoms with Gasteiger partial charge < -0.3 is 23.9 Å². The SMILES string of the molecule is COc1ccc(S(=O)(=O)N2CCN(c3ccc4oc(OC(=O)O)cc4c3Cl)CC2)cc1. The summed E-state index contributed by atoms with van der Waals surface area (Å²) in [5.74, 6) is 0.418. The van der Waals surface area contributed by atoms with Gasteiger partial charge in [0.25, 0.3) is 5.95 Å². The van der Waals surface area contributed by atoms with Gasteiger partial charge in [-0.05, 0) is 36.4 Å². The first-order valence-electron chi connectivity index (χ1n) is 9.31. The molecule has 2 heterocycles. The molecule has 1 fully saturated rings. The second-order valence-electron chi connectivity index (χ2n) is 6.81. The lowest BCUT2D eigenvalue weighted by molar-refractivity contribution is 0.134. The zero-order valence-corrected chi connectivity index (χ0v) is 18.0. The van der Waals surface area contributed by atoms with Crippen LogP contribution >= 0.6 is 11.6 Å². The Balaban J connectivity index is 1.51. The van der Waals surface area contributed by atoms with Crippen molar-refractivity contribution >= 4 is 44.4 Å². The van der Waals surface area contributed by atoms with Crippen molar-refractivity contribution in [2.75, 3.05) is 38.2 Å². The molecular formula is C20H19ClN2O7S. The molecule has 0 saturated carbocycles. The Labute approximate surface area is 183 Å². The molecule has 3 aromatic rings. The molecular weight excluding hydrogens is 448 g/mol. The van der Waals surface area contributed by atoms with Crippen molar-refractivity contribution in [3.05, 3.63) is 47.5 Å². The first-order chi connectivity index (χ1) is 14.8. The van der Waals surface area contributed by atoms with Gasteiger partial charge in [-0.25, -0.2) is 13.2 Å². The number of fused-ring (bicyclic) bond motifs is 1. The van der Waals surface area contributed by atoms with Gasteiger partial charge in [-0.2, -0.15) is 4.31 Å². The van der Waals surface area contributed by atoms with Crippen LogP contribution in [0.15, 0.2) is 51.8 Å². The second kappa shape index (κ2) is 8.29. The lowest BCUT2D eigenvalue weighted by Gasteiger charge is -2.35. The average Bonchev–Trinajstić information content (AvgIpc) is 3.17. The van der Waals surface area contributed by atoms with Crippen molar-refractivity contribution in [1.82, 2.24) is 4.31 Å². The van der Waals surface area contributed by atoms with Crippen molar-refractivity contribution in [3.8, 4) is 11.7 Å². The lowest BCUT2D eigenvalue weighted by atomic mass is 10.2. The van der Waals surface area contributed by atoms with E-state index in [9.17, 15) is 13.2 Å². The molecule has 0 unspecified atom stereocenters. The van der Waals surface area contributed by atoms with Crippen molar-refractivity contribution in [1.29, 1.82) is 0 Å². The first kappa shape index (κ1) is 21.3. The number of hydrogen-bond acceptors (Lipinski definition) is 7. The quantitative estimate of drug-likeness (QED) is 0.567. The molecule has 0 amide bonds. The normalized spacial score (nSPS) is 15.2. The zero-order chi connectivity index (χ0) is 22.2. The highest BCUT2D eigenvalue weighted by atomic mass is 35.5. The van der Waals surface area contributed by atoms with Gasteiger partial charge in [-0.3, -0.25) is 0 Å². The highest BCUT2D eigenvalue weighted by molar-refractivity contribution is 7.89. The topological polar surface area (TPSA) is 110 Å². The molecule has 0 radical (unpaired) electrons. The molecule has 31 heavy (non-hydrogen) atoms. The monoisotopic (exact) mass is 466 g/mol. The average molecular weight is 467 g/mol. The molecule has 0 aliphatic carbocycles. The predicted molar refractivity (Wildman–Crippen MR) is 114 cm³/mol. The van der Waals surface area contributed by atoms with Crippen LogP contribution in [-0.2, 0) is 10.0 Å². The highest BCUT2D eigenvalue weighted by Crippen LogP contribution is 2.38. The number of methoxy groups -OCH3 is 1. The van der Waals surface area contributed by atoms with Crippen LogP contribution in [-0.4, -0.2) is 57.3 Å². The summed E-state index contributed by atoms with van der Waals surface area (Å²) >= 11 is 6.53. The van der Waals surface area contributed by atoms with Crippen molar-refractivity contribution < 1.29 is 32.2 Å². The molecule has 1 aliphatic heterocycles. The van der Waals surface area contributed by atoms with Gasteiger partial charge in [0.05, 0.1) is 22.7 Å². The van der Waals surface area contributed by atoms with E-state index in [1.807, 2.05) is 4.90 Å². The van der Waals surface area contributed by atoms with Crippen LogP contribution in [0.3, 0.4) is 0 Å². The van der Waals surface area contributed by atoms with Crippen LogP contribution in [0.4, 0.5) is 10.5 Å². The van der Waals surface area contributed by atoms with Crippen LogP contribution < -0.4 is 14.4 Å². The van der Waals surface area contributed by atoms with E-state index in [2.05, 4.69) is 4.74 Å². The minimum absolute atomic E-state index is 0.169. The van der Waals surface area contributed by atoms with Gasteiger partial charge in [0.1, 0.15) is 11.3 Å². The van der Waals surface area contributed by atoms with E-state index in [0.29, 0.717) is 53.6 Å². The summed E-state index contributed by atoms with van der Waals surface area (Å²) in [6.07, 6.45) is -1.48. The molecule has 2 aromatic carbocycles. The molecule has 1 saturated heterocycles. The summed E-state index contributed by atoms with van der Waals surface area (Å²) in [5.41, 5.74) is 1.10. The number of halogens is 1. The fourth-order valence-electron chi connectivity index (χ4n) is 3.49. The van der Waals surface area contributed by atoms with E-state index in [1.165, 1.54) is 29.6 Å². The van der Waals surface area contributed by atoms with E-state index in [1.54, 1.807) is 24.3 Å². The number of piperazine rings is 1. The first-order valence-corrected chi connectivity index (χ1v) is 11.1. The largest absolute Gasteiger partial charge is 0.513 e. The van der Waals surface area contributed by atoms with Gasteiger partial charge in [0.2, 0.25) is 10.0 Å². The molecule has 1 aromatic heterocycles. The maximum Gasteiger partial charge on any atom is 0.513 e. The van der Waals surface area contributed by atoms with Gasteiger partial charge in [-0.1, -0.05) is 11.6 Å². The standard InChI is InChI=1S/C20H19ClN2O7S/c1-28-13-2-4-14(5-3-13)31(26,27)23-10-8-22(9-11-23)16-6-7-17-15(19(16)21)12-18(29-17)30-20(24)25/h2-7,12H,8-11H2,1H3,(H,24,25). The predicted octanol–water partition coefficient (Wildman–Crippen LogP) is 3.66. The van der Waals surface area contributed by atoms with Crippen LogP contribution in [0.1, 0.15) is 0 Å². The fourth-order valence-corrected chi connectivity index (χ4v) is 5.24. The smallest absolute Gasteiger partial charge is 0.497 e. The lowest BCUT2D eigenvalue weighted by Crippen LogP contribution is -2.48. The molecule has 9 nitrogen and oxygen atoms in total. The minimum atomic E-state index is -3.61. The number of hydrogen-bond donors (Lipinski definition) is 1. The van der Waals surface area contributed by atoms with Crippen molar-refractivity contribution in [2.45, 2.75) is 4.90 Å². The van der Waals surface area contributed by atoms with Crippen LogP contribution in [0.25, 0.3) is 11.0 Å². The number of furan rings is 1. The van der Waals surface area contributed by atoms with Gasteiger partial charge in [0, 0.05) is 37.6 Å². The summed E-state index contributed by atoms with van der Waals surface area (Å²) in [4.78, 5) is 12.9. The van der Waals surface area contributed by atoms with Crippen molar-refractivity contribution in [3.63, 3.8) is 0 Å². The number of carbonyl (C=O) groups is 1. The Morgan fingerprint density at radius 1 is 1.10 bits per heavy atom. The zero-order valence-electron chi connectivity index (χ0n) is 16.4. The number of sulfonamides is 1. The van der Waals surface area contributed by atoms with Gasteiger partial charge >= 0.3 is 6.16 Å². The number of anilines is 1. The molecule has 1 aliphatic rings. The Morgan fingerprint density at radius 3 is 2.39 bits per heavy atom. The third kappa shape index (κ3) is 4.14. The Bertz CT molecular complexity index is 1220. The molecule has 11 heteroatoms. The van der Waals surface area contributed by atoms with E-state index >= 15 is 0 Å². The van der Waals surface area contributed by atoms with E-state index in [-0.39, 0.29) is 10.8 Å². The number of nitrogens with zero attached hydrogens (tertiary/aromatic N) is 2. The molecule has 1 N–H and O–H groups in total. The Morgan fingerprint density at radius 2 is 1.77 bits per heavy atom. The van der Waals surface area contributed by atoms with E-state index < -0.39 is 16.2 Å². The summed E-state index contributed by atoms with van der Waals surface area (Å²) in [6.45, 7) is 1.47. The van der Waals surface area contributed by atoms with Crippen molar-refractivity contribution in [2.24, 2.45) is 0 Å². The van der Waals surface area contributed by atoms with Gasteiger partial charge in [0.15, 0.2) is 0 Å². The fraction of sp³-hybridized carbons (Fsp3) is 0.250. The summed E-state index contributed by atoms with van der Waals surface area (Å²) in [5, 5.41) is 9.64. The number of rotatable bonds is 5. The second-order valence-corrected chi connectivity index (χ2v) is 9.13. The van der Waals surface area contributed by atoms with E-state index in [0.717, 1.165) is 0 Å². The maximum absolute atomic E-state index is 12.9. The minimum Gasteiger partial charge on any atom is -0.497 e. The van der Waals surface area contributed by atoms with Crippen LogP contribution in [0, 0.1) is 0 Å². The summed E-state index contributed by atoms with van der Waals surface area (Å²) in [6, 6.07) is 11.1. The number of benzene rings is 2. The van der Waals surface area contributed by atoms with Gasteiger partial charge in [-0.15, -0.1) is 0 Å².